The summed E-state index contributed by atoms with van der Waals surface area (Å²) in [6, 6.07) is 7.76. The molecule has 0 unspecified atom stereocenters. The van der Waals surface area contributed by atoms with Gasteiger partial charge in [0.05, 0.1) is 6.42 Å². The van der Waals surface area contributed by atoms with Crippen LogP contribution in [0.5, 0.6) is 0 Å². The maximum Gasteiger partial charge on any atom is 0.227 e. The first-order chi connectivity index (χ1) is 9.08. The van der Waals surface area contributed by atoms with E-state index >= 15 is 0 Å². The normalized spacial score (nSPS) is 15.5. The zero-order chi connectivity index (χ0) is 13.8. The largest absolute Gasteiger partial charge is 0.339 e. The lowest BCUT2D eigenvalue weighted by Gasteiger charge is -2.34. The fourth-order valence-corrected chi connectivity index (χ4v) is 2.61. The van der Waals surface area contributed by atoms with Crippen LogP contribution in [0.4, 0.5) is 0 Å². The summed E-state index contributed by atoms with van der Waals surface area (Å²) in [6.07, 6.45) is 0.404. The van der Waals surface area contributed by atoms with Crippen LogP contribution in [-0.4, -0.2) is 47.8 Å². The molecule has 0 saturated carbocycles. The van der Waals surface area contributed by atoms with Gasteiger partial charge in [-0.05, 0) is 11.6 Å². The number of rotatable bonds is 2. The minimum Gasteiger partial charge on any atom is -0.339 e. The van der Waals surface area contributed by atoms with Gasteiger partial charge in [-0.15, -0.1) is 0 Å². The highest BCUT2D eigenvalue weighted by molar-refractivity contribution is 9.10. The predicted molar refractivity (Wildman–Crippen MR) is 76.7 cm³/mol. The summed E-state index contributed by atoms with van der Waals surface area (Å²) < 4.78 is 0.964. The summed E-state index contributed by atoms with van der Waals surface area (Å²) in [6.45, 7) is 4.10. The molecule has 1 saturated heterocycles. The van der Waals surface area contributed by atoms with E-state index in [1.165, 1.54) is 0 Å². The SMILES string of the molecule is CC(=O)N1CCN(C(=O)Cc2ccccc2Br)CC1. The van der Waals surface area contributed by atoms with E-state index in [1.54, 1.807) is 11.8 Å². The topological polar surface area (TPSA) is 40.6 Å². The average Bonchev–Trinajstić information content (AvgIpc) is 2.41. The molecule has 0 spiro atoms. The van der Waals surface area contributed by atoms with Crippen molar-refractivity contribution in [3.05, 3.63) is 34.3 Å². The predicted octanol–water partition coefficient (Wildman–Crippen LogP) is 1.68. The van der Waals surface area contributed by atoms with Crippen LogP contribution in [0, 0.1) is 0 Å². The van der Waals surface area contributed by atoms with Gasteiger partial charge in [-0.1, -0.05) is 34.1 Å². The number of piperazine rings is 1. The summed E-state index contributed by atoms with van der Waals surface area (Å²) in [5.41, 5.74) is 1.00. The number of carbonyl (C=O) groups excluding carboxylic acids is 2. The lowest BCUT2D eigenvalue weighted by Crippen LogP contribution is -2.50. The van der Waals surface area contributed by atoms with Crippen molar-refractivity contribution in [3.63, 3.8) is 0 Å². The lowest BCUT2D eigenvalue weighted by molar-refractivity contribution is -0.138. The molecule has 1 aromatic rings. The number of hydrogen-bond donors (Lipinski definition) is 0. The van der Waals surface area contributed by atoms with E-state index in [1.807, 2.05) is 29.2 Å². The Balaban J connectivity index is 1.92. The molecule has 1 heterocycles. The molecule has 1 aliphatic heterocycles. The molecule has 0 radical (unpaired) electrons. The molecule has 0 aliphatic carbocycles. The standard InChI is InChI=1S/C14H17BrN2O2/c1-11(18)16-6-8-17(9-7-16)14(19)10-12-4-2-3-5-13(12)15/h2-5H,6-10H2,1H3. The molecule has 0 bridgehead atoms. The quantitative estimate of drug-likeness (QED) is 0.830. The fraction of sp³-hybridized carbons (Fsp3) is 0.429. The molecule has 4 nitrogen and oxygen atoms in total. The second kappa shape index (κ2) is 6.19. The van der Waals surface area contributed by atoms with Gasteiger partial charge in [0.1, 0.15) is 0 Å². The van der Waals surface area contributed by atoms with Gasteiger partial charge in [-0.3, -0.25) is 9.59 Å². The van der Waals surface area contributed by atoms with E-state index < -0.39 is 0 Å². The summed E-state index contributed by atoms with van der Waals surface area (Å²) in [4.78, 5) is 27.0. The van der Waals surface area contributed by atoms with Crippen LogP contribution in [0.2, 0.25) is 0 Å². The molecule has 2 amide bonds. The first-order valence-electron chi connectivity index (χ1n) is 6.34. The Labute approximate surface area is 121 Å². The van der Waals surface area contributed by atoms with E-state index in [9.17, 15) is 9.59 Å². The zero-order valence-electron chi connectivity index (χ0n) is 10.9. The first kappa shape index (κ1) is 14.1. The molecule has 0 N–H and O–H groups in total. The first-order valence-corrected chi connectivity index (χ1v) is 7.14. The maximum atomic E-state index is 12.2. The minimum absolute atomic E-state index is 0.0814. The number of nitrogens with zero attached hydrogens (tertiary/aromatic N) is 2. The van der Waals surface area contributed by atoms with E-state index in [-0.39, 0.29) is 11.8 Å². The Kier molecular flexibility index (Phi) is 4.58. The summed E-state index contributed by atoms with van der Waals surface area (Å²) >= 11 is 3.45. The number of hydrogen-bond acceptors (Lipinski definition) is 2. The third kappa shape index (κ3) is 3.56. The Bertz CT molecular complexity index is 482. The van der Waals surface area contributed by atoms with Crippen LogP contribution in [-0.2, 0) is 16.0 Å². The number of carbonyl (C=O) groups is 2. The summed E-state index contributed by atoms with van der Waals surface area (Å²) in [5.74, 6) is 0.202. The number of benzene rings is 1. The van der Waals surface area contributed by atoms with Crippen LogP contribution in [0.3, 0.4) is 0 Å². The van der Waals surface area contributed by atoms with Crippen molar-refractivity contribution in [1.29, 1.82) is 0 Å². The maximum absolute atomic E-state index is 12.2. The van der Waals surface area contributed by atoms with Crippen molar-refractivity contribution in [3.8, 4) is 0 Å². The van der Waals surface area contributed by atoms with Gasteiger partial charge in [-0.25, -0.2) is 0 Å². The molecular weight excluding hydrogens is 308 g/mol. The second-order valence-corrected chi connectivity index (χ2v) is 5.51. The molecule has 0 atom stereocenters. The Morgan fingerprint density at radius 3 is 2.26 bits per heavy atom. The lowest BCUT2D eigenvalue weighted by atomic mass is 10.1. The fourth-order valence-electron chi connectivity index (χ4n) is 2.19. The van der Waals surface area contributed by atoms with Gasteiger partial charge in [0.2, 0.25) is 11.8 Å². The van der Waals surface area contributed by atoms with Crippen molar-refractivity contribution >= 4 is 27.7 Å². The van der Waals surface area contributed by atoms with Crippen molar-refractivity contribution in [2.24, 2.45) is 0 Å². The Morgan fingerprint density at radius 1 is 1.11 bits per heavy atom. The van der Waals surface area contributed by atoms with Gasteiger partial charge in [0, 0.05) is 37.6 Å². The van der Waals surface area contributed by atoms with Crippen molar-refractivity contribution in [1.82, 2.24) is 9.80 Å². The van der Waals surface area contributed by atoms with E-state index in [0.717, 1.165) is 10.0 Å². The molecule has 0 aromatic heterocycles. The van der Waals surface area contributed by atoms with Crippen LogP contribution in [0.25, 0.3) is 0 Å². The van der Waals surface area contributed by atoms with Crippen molar-refractivity contribution < 1.29 is 9.59 Å². The zero-order valence-corrected chi connectivity index (χ0v) is 12.5. The van der Waals surface area contributed by atoms with Gasteiger partial charge in [0.25, 0.3) is 0 Å². The highest BCUT2D eigenvalue weighted by Gasteiger charge is 2.22. The smallest absolute Gasteiger partial charge is 0.227 e. The van der Waals surface area contributed by atoms with Gasteiger partial charge >= 0.3 is 0 Å². The van der Waals surface area contributed by atoms with Crippen molar-refractivity contribution in [2.75, 3.05) is 26.2 Å². The monoisotopic (exact) mass is 324 g/mol. The summed E-state index contributed by atoms with van der Waals surface area (Å²) in [5, 5.41) is 0. The third-order valence-electron chi connectivity index (χ3n) is 3.38. The molecule has 5 heteroatoms. The minimum atomic E-state index is 0.0814. The third-order valence-corrected chi connectivity index (χ3v) is 4.15. The Hall–Kier alpha value is -1.36. The molecule has 102 valence electrons. The van der Waals surface area contributed by atoms with Crippen LogP contribution in [0.1, 0.15) is 12.5 Å². The average molecular weight is 325 g/mol. The second-order valence-electron chi connectivity index (χ2n) is 4.66. The van der Waals surface area contributed by atoms with Crippen molar-refractivity contribution in [2.45, 2.75) is 13.3 Å². The highest BCUT2D eigenvalue weighted by atomic mass is 79.9. The van der Waals surface area contributed by atoms with E-state index in [4.69, 9.17) is 0 Å². The van der Waals surface area contributed by atoms with Crippen LogP contribution >= 0.6 is 15.9 Å². The van der Waals surface area contributed by atoms with Crippen LogP contribution in [0.15, 0.2) is 28.7 Å². The molecule has 1 aliphatic rings. The summed E-state index contributed by atoms with van der Waals surface area (Å²) in [7, 11) is 0. The number of halogens is 1. The van der Waals surface area contributed by atoms with E-state index in [2.05, 4.69) is 15.9 Å². The molecule has 1 fully saturated rings. The molecule has 2 rings (SSSR count). The molecular formula is C14H17BrN2O2. The Morgan fingerprint density at radius 2 is 1.68 bits per heavy atom. The van der Waals surface area contributed by atoms with E-state index in [0.29, 0.717) is 32.6 Å². The highest BCUT2D eigenvalue weighted by Crippen LogP contribution is 2.17. The van der Waals surface area contributed by atoms with Gasteiger partial charge in [0.15, 0.2) is 0 Å². The number of amides is 2. The molecule has 19 heavy (non-hydrogen) atoms. The van der Waals surface area contributed by atoms with Gasteiger partial charge in [-0.2, -0.15) is 0 Å². The van der Waals surface area contributed by atoms with Crippen LogP contribution < -0.4 is 0 Å². The van der Waals surface area contributed by atoms with Gasteiger partial charge < -0.3 is 9.80 Å². The molecule has 1 aromatic carbocycles.